The first kappa shape index (κ1) is 34.9. The highest BCUT2D eigenvalue weighted by Crippen LogP contribution is 2.42. The van der Waals surface area contributed by atoms with Gasteiger partial charge >= 0.3 is 18.5 Å². The third-order valence-corrected chi connectivity index (χ3v) is 6.31. The first-order valence-corrected chi connectivity index (χ1v) is 12.2. The highest BCUT2D eigenvalue weighted by atomic mass is 35.5. The predicted molar refractivity (Wildman–Crippen MR) is 136 cm³/mol. The summed E-state index contributed by atoms with van der Waals surface area (Å²) in [5.41, 5.74) is -4.46. The fourth-order valence-electron chi connectivity index (χ4n) is 3.74. The van der Waals surface area contributed by atoms with Crippen LogP contribution in [0, 0.1) is 0 Å². The maximum atomic E-state index is 15.1. The molecule has 0 aliphatic heterocycles. The summed E-state index contributed by atoms with van der Waals surface area (Å²) in [4.78, 5) is 24.8. The van der Waals surface area contributed by atoms with E-state index in [1.54, 1.807) is 0 Å². The number of amides is 2. The Morgan fingerprint density at radius 2 is 1.55 bits per heavy atom. The molecule has 2 aromatic rings. The molecule has 0 aliphatic rings. The Kier molecular flexibility index (Phi) is 10.8. The number of alkyl halides is 9. The Morgan fingerprint density at radius 1 is 1.00 bits per heavy atom. The Morgan fingerprint density at radius 3 is 2.00 bits per heavy atom. The molecule has 0 saturated carbocycles. The zero-order valence-corrected chi connectivity index (χ0v) is 22.9. The Bertz CT molecular complexity index is 1360. The van der Waals surface area contributed by atoms with E-state index in [1.165, 1.54) is 6.08 Å². The van der Waals surface area contributed by atoms with Crippen molar-refractivity contribution in [3.63, 3.8) is 0 Å². The van der Waals surface area contributed by atoms with Crippen molar-refractivity contribution < 1.29 is 53.5 Å². The Balaban J connectivity index is 2.49. The molecule has 0 bridgehead atoms. The smallest absolute Gasteiger partial charge is 0.341 e. The number of hydrogen-bond donors (Lipinski definition) is 1. The largest absolute Gasteiger partial charge is 0.417 e. The Hall–Kier alpha value is -3.26. The average molecular weight is 653 g/mol. The molecule has 2 atom stereocenters. The van der Waals surface area contributed by atoms with Gasteiger partial charge in [-0.05, 0) is 42.8 Å². The van der Waals surface area contributed by atoms with Crippen LogP contribution in [0.4, 0.5) is 43.9 Å². The lowest BCUT2D eigenvalue weighted by Crippen LogP contribution is -2.48. The number of rotatable bonds is 8. The average Bonchev–Trinajstić information content (AvgIpc) is 2.83. The molecule has 2 aromatic carbocycles. The van der Waals surface area contributed by atoms with Gasteiger partial charge in [-0.2, -0.15) is 39.5 Å². The predicted octanol–water partition coefficient (Wildman–Crippen LogP) is 8.45. The molecule has 0 aromatic heterocycles. The highest BCUT2D eigenvalue weighted by molar-refractivity contribution is 6.37. The van der Waals surface area contributed by atoms with Crippen molar-refractivity contribution in [3.8, 4) is 0 Å². The lowest BCUT2D eigenvalue weighted by molar-refractivity contribution is -0.159. The fourth-order valence-corrected chi connectivity index (χ4v) is 4.40. The molecule has 0 fully saturated rings. The molecule has 0 spiro atoms. The SMILES string of the molecule is C=Cc1c(Cl)cc(C(/C=C(\F)c2ccc(C(=O)NC(C)C(=O)N(C)CC(F)(F)F)c(C(F)(F)F)c2)C(F)(F)F)cc1Cl. The molecule has 0 heterocycles. The van der Waals surface area contributed by atoms with Crippen LogP contribution in [0.1, 0.15) is 45.5 Å². The number of carbonyl (C=O) groups excluding carboxylic acids is 2. The maximum absolute atomic E-state index is 15.1. The van der Waals surface area contributed by atoms with Crippen LogP contribution in [0.5, 0.6) is 0 Å². The summed E-state index contributed by atoms with van der Waals surface area (Å²) in [6, 6.07) is 1.10. The van der Waals surface area contributed by atoms with Gasteiger partial charge in [-0.25, -0.2) is 4.39 Å². The summed E-state index contributed by atoms with van der Waals surface area (Å²) in [5, 5.41) is 1.34. The summed E-state index contributed by atoms with van der Waals surface area (Å²) in [7, 11) is 0.757. The van der Waals surface area contributed by atoms with Gasteiger partial charge in [0.2, 0.25) is 5.91 Å². The third kappa shape index (κ3) is 8.87. The Labute approximate surface area is 242 Å². The van der Waals surface area contributed by atoms with Crippen LogP contribution in [0.15, 0.2) is 43.0 Å². The number of nitrogens with one attached hydrogen (secondary N) is 1. The van der Waals surface area contributed by atoms with E-state index < -0.39 is 76.9 Å². The minimum atomic E-state index is -5.34. The molecule has 4 nitrogen and oxygen atoms in total. The van der Waals surface area contributed by atoms with Crippen LogP contribution in [-0.4, -0.2) is 48.7 Å². The minimum absolute atomic E-state index is 0.00202. The van der Waals surface area contributed by atoms with Crippen molar-refractivity contribution in [1.82, 2.24) is 10.2 Å². The van der Waals surface area contributed by atoms with Crippen molar-refractivity contribution in [2.75, 3.05) is 13.6 Å². The van der Waals surface area contributed by atoms with E-state index >= 15 is 4.39 Å². The lowest BCUT2D eigenvalue weighted by Gasteiger charge is -2.23. The minimum Gasteiger partial charge on any atom is -0.341 e. The van der Waals surface area contributed by atoms with E-state index in [4.69, 9.17) is 23.2 Å². The van der Waals surface area contributed by atoms with Gasteiger partial charge in [0.05, 0.1) is 11.1 Å². The number of likely N-dealkylation sites (N-methyl/N-ethyl adjacent to an activating group) is 1. The van der Waals surface area contributed by atoms with Gasteiger partial charge in [0.25, 0.3) is 5.91 Å². The molecule has 2 unspecified atom stereocenters. The molecule has 0 radical (unpaired) electrons. The number of allylic oxidation sites excluding steroid dienone is 1. The van der Waals surface area contributed by atoms with Crippen LogP contribution < -0.4 is 5.32 Å². The second-order valence-electron chi connectivity index (χ2n) is 8.90. The second-order valence-corrected chi connectivity index (χ2v) is 9.71. The molecule has 0 saturated heterocycles. The molecular weight excluding hydrogens is 633 g/mol. The van der Waals surface area contributed by atoms with Gasteiger partial charge in [-0.3, -0.25) is 9.59 Å². The molecule has 16 heteroatoms. The summed E-state index contributed by atoms with van der Waals surface area (Å²) < 4.78 is 136. The lowest BCUT2D eigenvalue weighted by atomic mass is 9.94. The maximum Gasteiger partial charge on any atom is 0.417 e. The summed E-state index contributed by atoms with van der Waals surface area (Å²) >= 11 is 11.9. The second kappa shape index (κ2) is 12.9. The van der Waals surface area contributed by atoms with Crippen molar-refractivity contribution in [2.24, 2.45) is 0 Å². The van der Waals surface area contributed by atoms with E-state index in [0.29, 0.717) is 12.1 Å². The standard InChI is InChI=1S/C26H20Cl2F10N2O2/c1-4-15-19(27)8-14(9-20(15)28)17(25(33,34)35)10-21(29)13-5-6-16(18(7-13)26(36,37)38)22(41)39-12(2)23(42)40(3)11-24(30,31)32/h4-10,12,17H,1,11H2,2-3H3,(H,39,41)/b21-10-. The van der Waals surface area contributed by atoms with Gasteiger partial charge in [0, 0.05) is 28.2 Å². The van der Waals surface area contributed by atoms with Gasteiger partial charge in [0.1, 0.15) is 24.3 Å². The molecule has 0 aliphatic carbocycles. The van der Waals surface area contributed by atoms with Crippen LogP contribution in [0.3, 0.4) is 0 Å². The zero-order chi connectivity index (χ0) is 32.4. The van der Waals surface area contributed by atoms with Crippen molar-refractivity contribution >= 4 is 46.9 Å². The fraction of sp³-hybridized carbons (Fsp3) is 0.308. The highest BCUT2D eigenvalue weighted by Gasteiger charge is 2.41. The van der Waals surface area contributed by atoms with Gasteiger partial charge in [0.15, 0.2) is 0 Å². The zero-order valence-electron chi connectivity index (χ0n) is 21.4. The van der Waals surface area contributed by atoms with Crippen LogP contribution >= 0.6 is 23.2 Å². The van der Waals surface area contributed by atoms with Gasteiger partial charge in [-0.15, -0.1) is 0 Å². The van der Waals surface area contributed by atoms with Gasteiger partial charge < -0.3 is 10.2 Å². The molecule has 42 heavy (non-hydrogen) atoms. The van der Waals surface area contributed by atoms with E-state index in [1.807, 2.05) is 5.32 Å². The topological polar surface area (TPSA) is 49.4 Å². The monoisotopic (exact) mass is 652 g/mol. The van der Waals surface area contributed by atoms with Crippen LogP contribution in [0.2, 0.25) is 10.0 Å². The quantitative estimate of drug-likeness (QED) is 0.291. The van der Waals surface area contributed by atoms with Crippen molar-refractivity contribution in [1.29, 1.82) is 0 Å². The van der Waals surface area contributed by atoms with E-state index in [9.17, 15) is 49.1 Å². The molecule has 1 N–H and O–H groups in total. The molecular formula is C26H20Cl2F10N2O2. The number of nitrogens with zero attached hydrogens (tertiary/aromatic N) is 1. The number of carbonyl (C=O) groups is 2. The normalized spacial score (nSPS) is 14.3. The van der Waals surface area contributed by atoms with Crippen LogP contribution in [-0.2, 0) is 11.0 Å². The number of hydrogen-bond acceptors (Lipinski definition) is 2. The molecule has 2 rings (SSSR count). The third-order valence-electron chi connectivity index (χ3n) is 5.69. The summed E-state index contributed by atoms with van der Waals surface area (Å²) in [5.74, 6) is -7.28. The summed E-state index contributed by atoms with van der Waals surface area (Å²) in [6.07, 6.45) is -14.1. The van der Waals surface area contributed by atoms with Crippen molar-refractivity contribution in [2.45, 2.75) is 37.4 Å². The molecule has 230 valence electrons. The van der Waals surface area contributed by atoms with Crippen molar-refractivity contribution in [3.05, 3.63) is 80.8 Å². The molecule has 2 amide bonds. The summed E-state index contributed by atoms with van der Waals surface area (Å²) in [6.45, 7) is 2.64. The first-order chi connectivity index (χ1) is 19.1. The first-order valence-electron chi connectivity index (χ1n) is 11.5. The number of halogens is 12. The van der Waals surface area contributed by atoms with E-state index in [2.05, 4.69) is 6.58 Å². The van der Waals surface area contributed by atoms with E-state index in [0.717, 1.165) is 26.1 Å². The van der Waals surface area contributed by atoms with Gasteiger partial charge in [-0.1, -0.05) is 41.9 Å². The number of benzene rings is 2. The van der Waals surface area contributed by atoms with E-state index in [-0.39, 0.29) is 32.7 Å². The van der Waals surface area contributed by atoms with Crippen LogP contribution in [0.25, 0.3) is 11.9 Å².